The van der Waals surface area contributed by atoms with Crippen LogP contribution in [-0.4, -0.2) is 37.4 Å². The van der Waals surface area contributed by atoms with Gasteiger partial charge in [0.05, 0.1) is 5.69 Å². The Bertz CT molecular complexity index is 1210. The number of nitrogens with one attached hydrogen (secondary N) is 1. The molecule has 0 spiro atoms. The van der Waals surface area contributed by atoms with E-state index >= 15 is 0 Å². The summed E-state index contributed by atoms with van der Waals surface area (Å²) in [5.74, 6) is -0.0945. The van der Waals surface area contributed by atoms with Crippen molar-refractivity contribution in [2.45, 2.75) is 6.42 Å². The monoisotopic (exact) mass is 427 g/mol. The largest absolute Gasteiger partial charge is 0.482 e. The van der Waals surface area contributed by atoms with Crippen molar-refractivity contribution in [2.75, 3.05) is 34.8 Å². The molecule has 0 radical (unpaired) electrons. The van der Waals surface area contributed by atoms with Gasteiger partial charge in [0.2, 0.25) is 5.91 Å². The van der Waals surface area contributed by atoms with Crippen LogP contribution in [0, 0.1) is 0 Å². The molecule has 2 aliphatic heterocycles. The number of benzene rings is 3. The van der Waals surface area contributed by atoms with E-state index in [1.54, 1.807) is 47.4 Å². The van der Waals surface area contributed by atoms with E-state index in [0.717, 1.165) is 12.1 Å². The number of hydrogen-bond donors (Lipinski definition) is 1. The standard InChI is InChI=1S/C25H21N3O4/c29-23(15-28-21-7-3-4-8-22(21)32-16-24(28)30)26-19-11-9-18(10-12-19)25(31)27-14-13-17-5-1-2-6-20(17)27/h1-12H,13-16H2,(H,26,29). The van der Waals surface area contributed by atoms with Crippen molar-refractivity contribution in [3.05, 3.63) is 83.9 Å². The number of ether oxygens (including phenoxy) is 1. The first-order chi connectivity index (χ1) is 15.6. The van der Waals surface area contributed by atoms with Crippen molar-refractivity contribution < 1.29 is 19.1 Å². The van der Waals surface area contributed by atoms with Crippen LogP contribution >= 0.6 is 0 Å². The van der Waals surface area contributed by atoms with Gasteiger partial charge in [0.25, 0.3) is 11.8 Å². The van der Waals surface area contributed by atoms with Crippen LogP contribution in [0.3, 0.4) is 0 Å². The summed E-state index contributed by atoms with van der Waals surface area (Å²) < 4.78 is 5.41. The maximum Gasteiger partial charge on any atom is 0.265 e. The molecule has 2 aliphatic rings. The Kier molecular flexibility index (Phi) is 5.07. The van der Waals surface area contributed by atoms with Gasteiger partial charge in [-0.05, 0) is 54.4 Å². The molecule has 1 N–H and O–H groups in total. The van der Waals surface area contributed by atoms with E-state index in [4.69, 9.17) is 4.74 Å². The Morgan fingerprint density at radius 1 is 0.906 bits per heavy atom. The molecular formula is C25H21N3O4. The summed E-state index contributed by atoms with van der Waals surface area (Å²) >= 11 is 0. The first kappa shape index (κ1) is 19.8. The molecule has 0 saturated carbocycles. The Morgan fingerprint density at radius 3 is 2.44 bits per heavy atom. The first-order valence-corrected chi connectivity index (χ1v) is 10.4. The molecule has 0 unspecified atom stereocenters. The quantitative estimate of drug-likeness (QED) is 0.693. The van der Waals surface area contributed by atoms with Crippen molar-refractivity contribution in [2.24, 2.45) is 0 Å². The Balaban J connectivity index is 1.25. The van der Waals surface area contributed by atoms with Gasteiger partial charge in [-0.15, -0.1) is 0 Å². The average molecular weight is 427 g/mol. The molecule has 2 heterocycles. The number of rotatable bonds is 4. The zero-order chi connectivity index (χ0) is 22.1. The van der Waals surface area contributed by atoms with Crippen molar-refractivity contribution >= 4 is 34.8 Å². The predicted octanol–water partition coefficient (Wildman–Crippen LogP) is 3.25. The second-order valence-electron chi connectivity index (χ2n) is 7.70. The van der Waals surface area contributed by atoms with Crippen molar-refractivity contribution in [1.82, 2.24) is 0 Å². The third-order valence-electron chi connectivity index (χ3n) is 5.66. The highest BCUT2D eigenvalue weighted by molar-refractivity contribution is 6.08. The van der Waals surface area contributed by atoms with Crippen LogP contribution in [0.2, 0.25) is 0 Å². The lowest BCUT2D eigenvalue weighted by atomic mass is 10.1. The molecule has 0 bridgehead atoms. The van der Waals surface area contributed by atoms with Crippen molar-refractivity contribution in [3.8, 4) is 5.75 Å². The molecule has 0 saturated heterocycles. The molecule has 160 valence electrons. The molecule has 3 aromatic rings. The van der Waals surface area contributed by atoms with Crippen molar-refractivity contribution in [1.29, 1.82) is 0 Å². The van der Waals surface area contributed by atoms with Crippen LogP contribution in [0.5, 0.6) is 5.75 Å². The minimum absolute atomic E-state index is 0.0663. The zero-order valence-electron chi connectivity index (χ0n) is 17.3. The molecule has 0 atom stereocenters. The number of hydrogen-bond acceptors (Lipinski definition) is 4. The number of nitrogens with zero attached hydrogens (tertiary/aromatic N) is 2. The molecule has 0 fully saturated rings. The smallest absolute Gasteiger partial charge is 0.265 e. The fourth-order valence-corrected chi connectivity index (χ4v) is 4.07. The van der Waals surface area contributed by atoms with Gasteiger partial charge in [0.1, 0.15) is 12.3 Å². The van der Waals surface area contributed by atoms with Crippen LogP contribution < -0.4 is 19.9 Å². The summed E-state index contributed by atoms with van der Waals surface area (Å²) in [6.45, 7) is 0.441. The lowest BCUT2D eigenvalue weighted by Gasteiger charge is -2.28. The topological polar surface area (TPSA) is 79.0 Å². The summed E-state index contributed by atoms with van der Waals surface area (Å²) in [5.41, 5.74) is 3.80. The van der Waals surface area contributed by atoms with Gasteiger partial charge in [-0.3, -0.25) is 19.3 Å². The number of carbonyl (C=O) groups is 3. The van der Waals surface area contributed by atoms with Crippen LogP contribution in [0.1, 0.15) is 15.9 Å². The van der Waals surface area contributed by atoms with E-state index in [0.29, 0.717) is 29.2 Å². The normalized spacial score (nSPS) is 14.4. The van der Waals surface area contributed by atoms with E-state index in [-0.39, 0.29) is 30.9 Å². The van der Waals surface area contributed by atoms with Gasteiger partial charge >= 0.3 is 0 Å². The van der Waals surface area contributed by atoms with Crippen LogP contribution in [-0.2, 0) is 16.0 Å². The first-order valence-electron chi connectivity index (χ1n) is 10.4. The summed E-state index contributed by atoms with van der Waals surface area (Å²) in [6.07, 6.45) is 0.847. The lowest BCUT2D eigenvalue weighted by Crippen LogP contribution is -2.43. The van der Waals surface area contributed by atoms with Gasteiger partial charge in [-0.25, -0.2) is 0 Å². The van der Waals surface area contributed by atoms with Gasteiger partial charge in [0.15, 0.2) is 6.61 Å². The SMILES string of the molecule is O=C(CN1C(=O)COc2ccccc21)Nc1ccc(C(=O)N2CCc3ccccc32)cc1. The third-order valence-corrected chi connectivity index (χ3v) is 5.66. The number of fused-ring (bicyclic) bond motifs is 2. The Hall–Kier alpha value is -4.13. The van der Waals surface area contributed by atoms with E-state index in [9.17, 15) is 14.4 Å². The van der Waals surface area contributed by atoms with E-state index in [1.165, 1.54) is 10.5 Å². The highest BCUT2D eigenvalue weighted by atomic mass is 16.5. The molecule has 7 nitrogen and oxygen atoms in total. The molecule has 0 aliphatic carbocycles. The number of anilines is 3. The van der Waals surface area contributed by atoms with Gasteiger partial charge in [-0.1, -0.05) is 30.3 Å². The highest BCUT2D eigenvalue weighted by Crippen LogP contribution is 2.31. The molecule has 3 aromatic carbocycles. The Labute approximate surface area is 185 Å². The fourth-order valence-electron chi connectivity index (χ4n) is 4.07. The van der Waals surface area contributed by atoms with Gasteiger partial charge in [-0.2, -0.15) is 0 Å². The number of carbonyl (C=O) groups excluding carboxylic acids is 3. The molecule has 3 amide bonds. The van der Waals surface area contributed by atoms with Crippen LogP contribution in [0.15, 0.2) is 72.8 Å². The second-order valence-corrected chi connectivity index (χ2v) is 7.70. The number of para-hydroxylation sites is 3. The van der Waals surface area contributed by atoms with Crippen LogP contribution in [0.4, 0.5) is 17.1 Å². The maximum absolute atomic E-state index is 12.9. The van der Waals surface area contributed by atoms with Crippen molar-refractivity contribution in [3.63, 3.8) is 0 Å². The maximum atomic E-state index is 12.9. The van der Waals surface area contributed by atoms with E-state index < -0.39 is 0 Å². The Morgan fingerprint density at radius 2 is 1.62 bits per heavy atom. The number of amides is 3. The zero-order valence-corrected chi connectivity index (χ0v) is 17.3. The average Bonchev–Trinajstić information content (AvgIpc) is 3.25. The third kappa shape index (κ3) is 3.69. The van der Waals surface area contributed by atoms with E-state index in [1.807, 2.05) is 30.3 Å². The lowest BCUT2D eigenvalue weighted by molar-refractivity contribution is -0.123. The molecule has 7 heteroatoms. The summed E-state index contributed by atoms with van der Waals surface area (Å²) in [6, 6.07) is 21.8. The second kappa shape index (κ2) is 8.19. The predicted molar refractivity (Wildman–Crippen MR) is 121 cm³/mol. The summed E-state index contributed by atoms with van der Waals surface area (Å²) in [4.78, 5) is 41.0. The van der Waals surface area contributed by atoms with E-state index in [2.05, 4.69) is 5.32 Å². The van der Waals surface area contributed by atoms with Crippen LogP contribution in [0.25, 0.3) is 0 Å². The summed E-state index contributed by atoms with van der Waals surface area (Å²) in [7, 11) is 0. The molecule has 5 rings (SSSR count). The van der Waals surface area contributed by atoms with Gasteiger partial charge in [0, 0.05) is 23.5 Å². The minimum atomic E-state index is -0.331. The fraction of sp³-hybridized carbons (Fsp3) is 0.160. The molecule has 32 heavy (non-hydrogen) atoms. The minimum Gasteiger partial charge on any atom is -0.482 e. The summed E-state index contributed by atoms with van der Waals surface area (Å²) in [5, 5.41) is 2.79. The highest BCUT2D eigenvalue weighted by Gasteiger charge is 2.27. The molecular weight excluding hydrogens is 406 g/mol. The molecule has 0 aromatic heterocycles. The van der Waals surface area contributed by atoms with Gasteiger partial charge < -0.3 is 15.0 Å².